The molecule has 0 spiro atoms. The molecule has 1 heteroatoms. The average molecular weight is 273 g/mol. The van der Waals surface area contributed by atoms with Crippen LogP contribution in [0.15, 0.2) is 24.3 Å². The molecule has 0 amide bonds. The van der Waals surface area contributed by atoms with Gasteiger partial charge in [-0.1, -0.05) is 58.4 Å². The second-order valence-electron chi connectivity index (χ2n) is 7.70. The zero-order chi connectivity index (χ0) is 14.8. The van der Waals surface area contributed by atoms with Gasteiger partial charge in [0.25, 0.3) is 0 Å². The molecule has 20 heavy (non-hydrogen) atoms. The number of benzene rings is 1. The van der Waals surface area contributed by atoms with Crippen LogP contribution in [0.5, 0.6) is 0 Å². The lowest BCUT2D eigenvalue weighted by Gasteiger charge is -2.32. The molecule has 1 aromatic rings. The SMILES string of the molecule is CCc1ccc(C2(N)CCCC(C(C)(C)C)CC2)cc1. The van der Waals surface area contributed by atoms with Gasteiger partial charge < -0.3 is 5.73 Å². The third-order valence-corrected chi connectivity index (χ3v) is 5.28. The average Bonchev–Trinajstić information content (AvgIpc) is 2.61. The first-order valence-corrected chi connectivity index (χ1v) is 8.23. The first-order valence-electron chi connectivity index (χ1n) is 8.23. The smallest absolute Gasteiger partial charge is 0.0409 e. The second-order valence-corrected chi connectivity index (χ2v) is 7.70. The van der Waals surface area contributed by atoms with Gasteiger partial charge in [-0.3, -0.25) is 0 Å². The highest BCUT2D eigenvalue weighted by atomic mass is 14.7. The summed E-state index contributed by atoms with van der Waals surface area (Å²) in [6.45, 7) is 9.32. The zero-order valence-corrected chi connectivity index (χ0v) is 13.7. The molecule has 1 aliphatic carbocycles. The van der Waals surface area contributed by atoms with Gasteiger partial charge in [-0.25, -0.2) is 0 Å². The van der Waals surface area contributed by atoms with Crippen molar-refractivity contribution >= 4 is 0 Å². The van der Waals surface area contributed by atoms with E-state index in [0.717, 1.165) is 25.2 Å². The van der Waals surface area contributed by atoms with Crippen molar-refractivity contribution in [3.8, 4) is 0 Å². The predicted octanol–water partition coefficient (Wildman–Crippen LogP) is 5.03. The van der Waals surface area contributed by atoms with Crippen LogP contribution in [-0.2, 0) is 12.0 Å². The Labute approximate surface area is 125 Å². The van der Waals surface area contributed by atoms with Crippen molar-refractivity contribution in [1.82, 2.24) is 0 Å². The minimum Gasteiger partial charge on any atom is -0.321 e. The standard InChI is InChI=1S/C19H31N/c1-5-15-8-10-17(11-9-15)19(20)13-6-7-16(12-14-19)18(2,3)4/h8-11,16H,5-7,12-14,20H2,1-4H3. The van der Waals surface area contributed by atoms with E-state index >= 15 is 0 Å². The molecule has 0 aliphatic heterocycles. The third-order valence-electron chi connectivity index (χ3n) is 5.28. The van der Waals surface area contributed by atoms with Gasteiger partial charge in [0.05, 0.1) is 0 Å². The molecule has 1 aromatic carbocycles. The number of rotatable bonds is 2. The lowest BCUT2D eigenvalue weighted by Crippen LogP contribution is -2.36. The van der Waals surface area contributed by atoms with Gasteiger partial charge in [-0.05, 0) is 54.6 Å². The van der Waals surface area contributed by atoms with E-state index in [-0.39, 0.29) is 5.54 Å². The summed E-state index contributed by atoms with van der Waals surface area (Å²) >= 11 is 0. The molecule has 0 heterocycles. The van der Waals surface area contributed by atoms with Crippen molar-refractivity contribution in [3.05, 3.63) is 35.4 Å². The third kappa shape index (κ3) is 3.44. The van der Waals surface area contributed by atoms with Crippen molar-refractivity contribution in [1.29, 1.82) is 0 Å². The summed E-state index contributed by atoms with van der Waals surface area (Å²) in [4.78, 5) is 0. The second kappa shape index (κ2) is 5.89. The van der Waals surface area contributed by atoms with E-state index in [9.17, 15) is 0 Å². The van der Waals surface area contributed by atoms with Gasteiger partial charge in [-0.2, -0.15) is 0 Å². The Balaban J connectivity index is 2.14. The van der Waals surface area contributed by atoms with Crippen LogP contribution in [-0.4, -0.2) is 0 Å². The number of nitrogens with two attached hydrogens (primary N) is 1. The molecule has 0 bridgehead atoms. The fourth-order valence-electron chi connectivity index (χ4n) is 3.59. The first-order chi connectivity index (χ1) is 9.35. The lowest BCUT2D eigenvalue weighted by molar-refractivity contribution is 0.211. The van der Waals surface area contributed by atoms with Crippen molar-refractivity contribution in [2.75, 3.05) is 0 Å². The molecule has 0 aromatic heterocycles. The number of aryl methyl sites for hydroxylation is 1. The van der Waals surface area contributed by atoms with Crippen molar-refractivity contribution in [2.45, 2.75) is 71.8 Å². The zero-order valence-electron chi connectivity index (χ0n) is 13.7. The Bertz CT molecular complexity index is 426. The maximum atomic E-state index is 6.78. The van der Waals surface area contributed by atoms with E-state index in [4.69, 9.17) is 5.73 Å². The Morgan fingerprint density at radius 1 is 1.10 bits per heavy atom. The van der Waals surface area contributed by atoms with E-state index in [0.29, 0.717) is 5.41 Å². The fourth-order valence-corrected chi connectivity index (χ4v) is 3.59. The Kier molecular flexibility index (Phi) is 4.59. The maximum absolute atomic E-state index is 6.78. The van der Waals surface area contributed by atoms with Gasteiger partial charge >= 0.3 is 0 Å². The topological polar surface area (TPSA) is 26.0 Å². The van der Waals surface area contributed by atoms with Crippen LogP contribution < -0.4 is 5.73 Å². The maximum Gasteiger partial charge on any atom is 0.0409 e. The van der Waals surface area contributed by atoms with Crippen LogP contribution in [0.4, 0.5) is 0 Å². The monoisotopic (exact) mass is 273 g/mol. The van der Waals surface area contributed by atoms with Crippen LogP contribution >= 0.6 is 0 Å². The summed E-state index contributed by atoms with van der Waals surface area (Å²) in [6.07, 6.45) is 7.20. The number of hydrogen-bond acceptors (Lipinski definition) is 1. The van der Waals surface area contributed by atoms with Crippen molar-refractivity contribution in [2.24, 2.45) is 17.1 Å². The Morgan fingerprint density at radius 3 is 2.30 bits per heavy atom. The molecule has 2 rings (SSSR count). The molecule has 112 valence electrons. The van der Waals surface area contributed by atoms with Gasteiger partial charge in [0, 0.05) is 5.54 Å². The molecule has 2 unspecified atom stereocenters. The van der Waals surface area contributed by atoms with E-state index in [1.807, 2.05) is 0 Å². The Hall–Kier alpha value is -0.820. The highest BCUT2D eigenvalue weighted by Crippen LogP contribution is 2.42. The molecular formula is C19H31N. The highest BCUT2D eigenvalue weighted by Gasteiger charge is 2.34. The molecule has 2 atom stereocenters. The fraction of sp³-hybridized carbons (Fsp3) is 0.684. The first kappa shape index (κ1) is 15.6. The molecule has 0 radical (unpaired) electrons. The largest absolute Gasteiger partial charge is 0.321 e. The summed E-state index contributed by atoms with van der Waals surface area (Å²) in [6, 6.07) is 9.01. The summed E-state index contributed by atoms with van der Waals surface area (Å²) in [5.74, 6) is 0.808. The summed E-state index contributed by atoms with van der Waals surface area (Å²) in [5.41, 5.74) is 9.83. The molecule has 1 fully saturated rings. The minimum atomic E-state index is -0.105. The van der Waals surface area contributed by atoms with Gasteiger partial charge in [0.15, 0.2) is 0 Å². The summed E-state index contributed by atoms with van der Waals surface area (Å²) in [7, 11) is 0. The van der Waals surface area contributed by atoms with E-state index < -0.39 is 0 Å². The summed E-state index contributed by atoms with van der Waals surface area (Å²) < 4.78 is 0. The van der Waals surface area contributed by atoms with E-state index in [1.54, 1.807) is 0 Å². The highest BCUT2D eigenvalue weighted by molar-refractivity contribution is 5.28. The van der Waals surface area contributed by atoms with Crippen LogP contribution in [0.2, 0.25) is 0 Å². The molecule has 1 nitrogen and oxygen atoms in total. The van der Waals surface area contributed by atoms with Crippen LogP contribution in [0.3, 0.4) is 0 Å². The predicted molar refractivity (Wildman–Crippen MR) is 87.7 cm³/mol. The van der Waals surface area contributed by atoms with Gasteiger partial charge in [0.1, 0.15) is 0 Å². The normalized spacial score (nSPS) is 28.1. The van der Waals surface area contributed by atoms with Crippen molar-refractivity contribution in [3.63, 3.8) is 0 Å². The molecular weight excluding hydrogens is 242 g/mol. The molecule has 0 saturated heterocycles. The van der Waals surface area contributed by atoms with Crippen molar-refractivity contribution < 1.29 is 0 Å². The van der Waals surface area contributed by atoms with E-state index in [1.165, 1.54) is 30.4 Å². The van der Waals surface area contributed by atoms with Gasteiger partial charge in [-0.15, -0.1) is 0 Å². The molecule has 2 N–H and O–H groups in total. The van der Waals surface area contributed by atoms with Crippen LogP contribution in [0, 0.1) is 11.3 Å². The number of hydrogen-bond donors (Lipinski definition) is 1. The van der Waals surface area contributed by atoms with Gasteiger partial charge in [0.2, 0.25) is 0 Å². The van der Waals surface area contributed by atoms with Crippen LogP contribution in [0.25, 0.3) is 0 Å². The van der Waals surface area contributed by atoms with E-state index in [2.05, 4.69) is 52.0 Å². The molecule has 1 aliphatic rings. The summed E-state index contributed by atoms with van der Waals surface area (Å²) in [5, 5.41) is 0. The lowest BCUT2D eigenvalue weighted by atomic mass is 9.75. The minimum absolute atomic E-state index is 0.105. The van der Waals surface area contributed by atoms with Crippen LogP contribution in [0.1, 0.15) is 70.9 Å². The quantitative estimate of drug-likeness (QED) is 0.751. The molecule has 1 saturated carbocycles. The Morgan fingerprint density at radius 2 is 1.75 bits per heavy atom.